The van der Waals surface area contributed by atoms with Gasteiger partial charge in [-0.3, -0.25) is 0 Å². The van der Waals surface area contributed by atoms with E-state index in [1.54, 1.807) is 6.07 Å². The molecule has 1 N–H and O–H groups in total. The number of rotatable bonds is 5. The summed E-state index contributed by atoms with van der Waals surface area (Å²) in [5, 5.41) is 3.25. The van der Waals surface area contributed by atoms with Crippen LogP contribution in [0.2, 0.25) is 0 Å². The monoisotopic (exact) mass is 323 g/mol. The first kappa shape index (κ1) is 13.9. The average molecular weight is 324 g/mol. The van der Waals surface area contributed by atoms with Crippen molar-refractivity contribution >= 4 is 21.6 Å². The molecule has 4 heteroatoms. The van der Waals surface area contributed by atoms with Gasteiger partial charge in [0.25, 0.3) is 0 Å². The molecule has 2 aromatic carbocycles. The minimum absolute atomic E-state index is 0.252. The Morgan fingerprint density at radius 2 is 2.00 bits per heavy atom. The third-order valence-corrected chi connectivity index (χ3v) is 3.30. The van der Waals surface area contributed by atoms with Crippen LogP contribution >= 0.6 is 15.9 Å². The van der Waals surface area contributed by atoms with Crippen LogP contribution in [-0.4, -0.2) is 6.61 Å². The lowest BCUT2D eigenvalue weighted by atomic mass is 10.2. The first-order valence-corrected chi connectivity index (χ1v) is 6.89. The number of anilines is 1. The molecule has 0 saturated heterocycles. The van der Waals surface area contributed by atoms with Crippen molar-refractivity contribution in [3.63, 3.8) is 0 Å². The van der Waals surface area contributed by atoms with E-state index < -0.39 is 0 Å². The molecule has 2 nitrogen and oxygen atoms in total. The van der Waals surface area contributed by atoms with Crippen molar-refractivity contribution in [2.45, 2.75) is 13.5 Å². The molecular formula is C15H15BrFNO. The summed E-state index contributed by atoms with van der Waals surface area (Å²) in [6.45, 7) is 3.11. The molecule has 0 unspecified atom stereocenters. The zero-order chi connectivity index (χ0) is 13.7. The van der Waals surface area contributed by atoms with E-state index in [9.17, 15) is 4.39 Å². The van der Waals surface area contributed by atoms with Crippen molar-refractivity contribution in [2.75, 3.05) is 11.9 Å². The Balaban J connectivity index is 2.07. The molecule has 0 amide bonds. The van der Waals surface area contributed by atoms with Gasteiger partial charge >= 0.3 is 0 Å². The first-order valence-electron chi connectivity index (χ1n) is 6.10. The topological polar surface area (TPSA) is 21.3 Å². The number of para-hydroxylation sites is 2. The zero-order valence-corrected chi connectivity index (χ0v) is 12.2. The molecule has 0 fully saturated rings. The number of ether oxygens (including phenoxy) is 1. The van der Waals surface area contributed by atoms with Gasteiger partial charge in [0.1, 0.15) is 11.6 Å². The Morgan fingerprint density at radius 1 is 1.21 bits per heavy atom. The summed E-state index contributed by atoms with van der Waals surface area (Å²) in [7, 11) is 0. The third-order valence-electron chi connectivity index (χ3n) is 2.65. The number of hydrogen-bond donors (Lipinski definition) is 1. The summed E-state index contributed by atoms with van der Waals surface area (Å²) in [6, 6.07) is 12.8. The molecule has 2 rings (SSSR count). The summed E-state index contributed by atoms with van der Waals surface area (Å²) < 4.78 is 19.4. The van der Waals surface area contributed by atoms with Crippen molar-refractivity contribution < 1.29 is 9.13 Å². The number of benzene rings is 2. The van der Waals surface area contributed by atoms with Crippen LogP contribution in [0.25, 0.3) is 0 Å². The molecule has 0 heterocycles. The molecule has 19 heavy (non-hydrogen) atoms. The normalized spacial score (nSPS) is 10.3. The predicted octanol–water partition coefficient (Wildman–Crippen LogP) is 4.60. The third kappa shape index (κ3) is 3.70. The molecule has 0 aliphatic rings. The largest absolute Gasteiger partial charge is 0.492 e. The van der Waals surface area contributed by atoms with Gasteiger partial charge in [-0.25, -0.2) is 4.39 Å². The van der Waals surface area contributed by atoms with E-state index in [4.69, 9.17) is 4.74 Å². The summed E-state index contributed by atoms with van der Waals surface area (Å²) in [4.78, 5) is 0. The lowest BCUT2D eigenvalue weighted by molar-refractivity contribution is 0.341. The average Bonchev–Trinajstić information content (AvgIpc) is 2.42. The fraction of sp³-hybridized carbons (Fsp3) is 0.200. The highest BCUT2D eigenvalue weighted by molar-refractivity contribution is 9.10. The number of halogens is 2. The number of hydrogen-bond acceptors (Lipinski definition) is 2. The van der Waals surface area contributed by atoms with Gasteiger partial charge in [-0.05, 0) is 52.7 Å². The van der Waals surface area contributed by atoms with E-state index in [-0.39, 0.29) is 5.82 Å². The SMILES string of the molecule is CCOc1ccccc1NCc1ccc(Br)c(F)c1. The van der Waals surface area contributed by atoms with Crippen molar-refractivity contribution in [3.05, 3.63) is 58.3 Å². The molecule has 0 saturated carbocycles. The van der Waals surface area contributed by atoms with E-state index >= 15 is 0 Å². The molecule has 2 aromatic rings. The minimum Gasteiger partial charge on any atom is -0.492 e. The Kier molecular flexibility index (Phi) is 4.80. The van der Waals surface area contributed by atoms with Crippen LogP contribution in [0.3, 0.4) is 0 Å². The lowest BCUT2D eigenvalue weighted by Gasteiger charge is -2.12. The quantitative estimate of drug-likeness (QED) is 0.868. The van der Waals surface area contributed by atoms with Gasteiger partial charge in [-0.2, -0.15) is 0 Å². The second-order valence-electron chi connectivity index (χ2n) is 4.03. The van der Waals surface area contributed by atoms with Crippen molar-refractivity contribution in [1.29, 1.82) is 0 Å². The number of nitrogens with one attached hydrogen (secondary N) is 1. The van der Waals surface area contributed by atoms with Gasteiger partial charge in [0.05, 0.1) is 16.8 Å². The summed E-state index contributed by atoms with van der Waals surface area (Å²) in [6.07, 6.45) is 0. The second kappa shape index (κ2) is 6.57. The van der Waals surface area contributed by atoms with E-state index in [0.717, 1.165) is 17.0 Å². The summed E-state index contributed by atoms with van der Waals surface area (Å²) in [5.74, 6) is 0.556. The second-order valence-corrected chi connectivity index (χ2v) is 4.89. The fourth-order valence-corrected chi connectivity index (χ4v) is 1.99. The van der Waals surface area contributed by atoms with Crippen LogP contribution in [0.5, 0.6) is 5.75 Å². The summed E-state index contributed by atoms with van der Waals surface area (Å²) >= 11 is 3.14. The Hall–Kier alpha value is -1.55. The van der Waals surface area contributed by atoms with E-state index in [1.807, 2.05) is 37.3 Å². The molecule has 0 bridgehead atoms. The van der Waals surface area contributed by atoms with Gasteiger partial charge in [-0.15, -0.1) is 0 Å². The maximum absolute atomic E-state index is 13.4. The first-order chi connectivity index (χ1) is 9.20. The molecule has 0 aromatic heterocycles. The highest BCUT2D eigenvalue weighted by atomic mass is 79.9. The van der Waals surface area contributed by atoms with Crippen molar-refractivity contribution in [2.24, 2.45) is 0 Å². The van der Waals surface area contributed by atoms with Gasteiger partial charge in [0.2, 0.25) is 0 Å². The van der Waals surface area contributed by atoms with Gasteiger partial charge in [0.15, 0.2) is 0 Å². The van der Waals surface area contributed by atoms with Crippen LogP contribution in [-0.2, 0) is 6.54 Å². The smallest absolute Gasteiger partial charge is 0.142 e. The standard InChI is InChI=1S/C15H15BrFNO/c1-2-19-15-6-4-3-5-14(15)18-10-11-7-8-12(16)13(17)9-11/h3-9,18H,2,10H2,1H3. The Labute approximate surface area is 120 Å². The van der Waals surface area contributed by atoms with Crippen LogP contribution in [0.4, 0.5) is 10.1 Å². The highest BCUT2D eigenvalue weighted by Crippen LogP contribution is 2.24. The van der Waals surface area contributed by atoms with Crippen LogP contribution in [0.15, 0.2) is 46.9 Å². The van der Waals surface area contributed by atoms with Crippen LogP contribution in [0, 0.1) is 5.82 Å². The molecule has 0 atom stereocenters. The molecular weight excluding hydrogens is 309 g/mol. The molecule has 0 radical (unpaired) electrons. The predicted molar refractivity (Wildman–Crippen MR) is 79.0 cm³/mol. The zero-order valence-electron chi connectivity index (χ0n) is 10.6. The maximum Gasteiger partial charge on any atom is 0.142 e. The summed E-state index contributed by atoms with van der Waals surface area (Å²) in [5.41, 5.74) is 1.79. The van der Waals surface area contributed by atoms with E-state index in [2.05, 4.69) is 21.2 Å². The van der Waals surface area contributed by atoms with E-state index in [0.29, 0.717) is 17.6 Å². The van der Waals surface area contributed by atoms with Crippen molar-refractivity contribution in [1.82, 2.24) is 0 Å². The maximum atomic E-state index is 13.4. The lowest BCUT2D eigenvalue weighted by Crippen LogP contribution is -2.03. The fourth-order valence-electron chi connectivity index (χ4n) is 1.74. The van der Waals surface area contributed by atoms with Gasteiger partial charge < -0.3 is 10.1 Å². The molecule has 0 aliphatic carbocycles. The van der Waals surface area contributed by atoms with Crippen molar-refractivity contribution in [3.8, 4) is 5.75 Å². The molecule has 0 spiro atoms. The molecule has 100 valence electrons. The Bertz CT molecular complexity index is 560. The van der Waals surface area contributed by atoms with E-state index in [1.165, 1.54) is 6.07 Å². The van der Waals surface area contributed by atoms with Gasteiger partial charge in [-0.1, -0.05) is 18.2 Å². The van der Waals surface area contributed by atoms with Crippen LogP contribution in [0.1, 0.15) is 12.5 Å². The Morgan fingerprint density at radius 3 is 2.74 bits per heavy atom. The minimum atomic E-state index is -0.252. The highest BCUT2D eigenvalue weighted by Gasteiger charge is 2.04. The molecule has 0 aliphatic heterocycles. The van der Waals surface area contributed by atoms with Crippen LogP contribution < -0.4 is 10.1 Å². The van der Waals surface area contributed by atoms with Gasteiger partial charge in [0, 0.05) is 6.54 Å².